The lowest BCUT2D eigenvalue weighted by molar-refractivity contribution is -0.408. The van der Waals surface area contributed by atoms with E-state index in [0.29, 0.717) is 18.3 Å². The first-order valence-electron chi connectivity index (χ1n) is 10.1. The first-order valence-corrected chi connectivity index (χ1v) is 10.5. The fourth-order valence-electron chi connectivity index (χ4n) is 4.68. The molecule has 1 aliphatic carbocycles. The second-order valence-electron chi connectivity index (χ2n) is 8.56. The molecule has 29 heavy (non-hydrogen) atoms. The highest BCUT2D eigenvalue weighted by Gasteiger charge is 2.41. The van der Waals surface area contributed by atoms with Gasteiger partial charge in [0.2, 0.25) is 0 Å². The van der Waals surface area contributed by atoms with Crippen molar-refractivity contribution in [3.8, 4) is 0 Å². The minimum Gasteiger partial charge on any atom is -0.330 e. The van der Waals surface area contributed by atoms with Gasteiger partial charge in [-0.3, -0.25) is 0 Å². The Morgan fingerprint density at radius 3 is 2.38 bits per heavy atom. The zero-order chi connectivity index (χ0) is 21.2. The van der Waals surface area contributed by atoms with Gasteiger partial charge < -0.3 is 21.1 Å². The topological polar surface area (TPSA) is 90.0 Å². The number of rotatable bonds is 8. The van der Waals surface area contributed by atoms with Crippen LogP contribution in [0.1, 0.15) is 61.6 Å². The monoisotopic (exact) mass is 418 g/mol. The third kappa shape index (κ3) is 5.00. The first kappa shape index (κ1) is 22.2. The summed E-state index contributed by atoms with van der Waals surface area (Å²) in [6.07, 6.45) is -0.420. The van der Waals surface area contributed by atoms with Gasteiger partial charge in [-0.2, -0.15) is 0 Å². The van der Waals surface area contributed by atoms with Gasteiger partial charge in [0.1, 0.15) is 0 Å². The van der Waals surface area contributed by atoms with Crippen LogP contribution in [0, 0.1) is 0 Å². The van der Waals surface area contributed by atoms with Crippen LogP contribution in [0.3, 0.4) is 0 Å². The molecule has 6 heteroatoms. The van der Waals surface area contributed by atoms with E-state index in [1.807, 2.05) is 26.0 Å². The maximum Gasteiger partial charge on any atom is 0.346 e. The van der Waals surface area contributed by atoms with Crippen molar-refractivity contribution in [3.63, 3.8) is 0 Å². The summed E-state index contributed by atoms with van der Waals surface area (Å²) in [5.41, 5.74) is 8.82. The number of hydrogen-bond donors (Lipinski definition) is 4. The summed E-state index contributed by atoms with van der Waals surface area (Å²) in [5, 5.41) is 30.1. The van der Waals surface area contributed by atoms with Gasteiger partial charge in [0.25, 0.3) is 0 Å². The minimum atomic E-state index is -2.90. The van der Waals surface area contributed by atoms with Crippen LogP contribution in [0.2, 0.25) is 5.02 Å². The van der Waals surface area contributed by atoms with E-state index in [1.165, 1.54) is 21.6 Å². The molecule has 158 valence electrons. The highest BCUT2D eigenvalue weighted by Crippen LogP contribution is 2.48. The standard InChI is InChI=1S/C23H31ClN2O3/c1-22(2,26(13-12-25)23(27,28)29)11-10-17-14-20(16-6-4-3-5-7-16)19-9-8-18(24)15-21(17)19/h3-9,15,17,20,27-29H,10-14,25H2,1-2H3/t17-,20+/m1/s1. The molecule has 0 spiro atoms. The fourth-order valence-corrected chi connectivity index (χ4v) is 4.86. The normalized spacial score (nSPS) is 19.6. The summed E-state index contributed by atoms with van der Waals surface area (Å²) in [7, 11) is 0. The van der Waals surface area contributed by atoms with Gasteiger partial charge in [-0.1, -0.05) is 48.0 Å². The van der Waals surface area contributed by atoms with E-state index in [-0.39, 0.29) is 13.1 Å². The molecule has 0 aromatic heterocycles. The Morgan fingerprint density at radius 1 is 1.07 bits per heavy atom. The number of halogens is 1. The summed E-state index contributed by atoms with van der Waals surface area (Å²) in [5.74, 6) is 0.628. The van der Waals surface area contributed by atoms with E-state index in [2.05, 4.69) is 36.4 Å². The highest BCUT2D eigenvalue weighted by molar-refractivity contribution is 6.30. The number of nitrogens with zero attached hydrogens (tertiary/aromatic N) is 1. The molecule has 0 unspecified atom stereocenters. The lowest BCUT2D eigenvalue weighted by Crippen LogP contribution is -2.60. The number of nitrogens with two attached hydrogens (primary N) is 1. The van der Waals surface area contributed by atoms with Crippen LogP contribution >= 0.6 is 11.6 Å². The lowest BCUT2D eigenvalue weighted by Gasteiger charge is -2.43. The Kier molecular flexibility index (Phi) is 6.68. The van der Waals surface area contributed by atoms with Crippen molar-refractivity contribution in [2.24, 2.45) is 5.73 Å². The molecule has 0 heterocycles. The average molecular weight is 419 g/mol. The summed E-state index contributed by atoms with van der Waals surface area (Å²) >= 11 is 6.30. The highest BCUT2D eigenvalue weighted by atomic mass is 35.5. The first-order chi connectivity index (χ1) is 13.6. The molecule has 0 radical (unpaired) electrons. The smallest absolute Gasteiger partial charge is 0.330 e. The molecule has 1 aliphatic rings. The van der Waals surface area contributed by atoms with E-state index in [1.54, 1.807) is 0 Å². The van der Waals surface area contributed by atoms with Crippen LogP contribution in [-0.4, -0.2) is 44.9 Å². The van der Waals surface area contributed by atoms with Gasteiger partial charge in [-0.05, 0) is 67.9 Å². The fraction of sp³-hybridized carbons (Fsp3) is 0.478. The maximum absolute atomic E-state index is 9.79. The molecule has 5 nitrogen and oxygen atoms in total. The van der Waals surface area contributed by atoms with Gasteiger partial charge in [0, 0.05) is 29.6 Å². The summed E-state index contributed by atoms with van der Waals surface area (Å²) in [6, 6.07) is 16.6. The quantitative estimate of drug-likeness (QED) is 0.493. The Balaban J connectivity index is 1.82. The number of aliphatic hydroxyl groups is 3. The third-order valence-corrected chi connectivity index (χ3v) is 6.37. The summed E-state index contributed by atoms with van der Waals surface area (Å²) < 4.78 is 0. The Hall–Kier alpha value is -1.47. The molecular formula is C23H31ClN2O3. The molecule has 0 amide bonds. The molecular weight excluding hydrogens is 388 g/mol. The maximum atomic E-state index is 9.79. The van der Waals surface area contributed by atoms with E-state index >= 15 is 0 Å². The van der Waals surface area contributed by atoms with Crippen molar-refractivity contribution in [3.05, 3.63) is 70.2 Å². The third-order valence-electron chi connectivity index (χ3n) is 6.14. The van der Waals surface area contributed by atoms with Gasteiger partial charge in [0.05, 0.1) is 0 Å². The Bertz CT molecular complexity index is 821. The molecule has 5 N–H and O–H groups in total. The molecule has 0 saturated heterocycles. The van der Waals surface area contributed by atoms with Crippen LogP contribution in [-0.2, 0) is 0 Å². The molecule has 0 saturated carbocycles. The second kappa shape index (κ2) is 8.72. The van der Waals surface area contributed by atoms with Crippen molar-refractivity contribution in [2.75, 3.05) is 13.1 Å². The molecule has 2 atom stereocenters. The van der Waals surface area contributed by atoms with Crippen molar-refractivity contribution < 1.29 is 15.3 Å². The Labute approximate surface area is 177 Å². The SMILES string of the molecule is CC(C)(CC[C@@H]1C[C@@H](c2ccccc2)c2ccc(Cl)cc21)N(CCN)C(O)(O)O. The van der Waals surface area contributed by atoms with Crippen LogP contribution in [0.4, 0.5) is 0 Å². The number of benzene rings is 2. The molecule has 3 rings (SSSR count). The molecule has 0 fully saturated rings. The van der Waals surface area contributed by atoms with Gasteiger partial charge in [-0.15, -0.1) is 0 Å². The van der Waals surface area contributed by atoms with Crippen molar-refractivity contribution in [2.45, 2.75) is 56.6 Å². The van der Waals surface area contributed by atoms with E-state index in [9.17, 15) is 15.3 Å². The number of hydrogen-bond acceptors (Lipinski definition) is 5. The van der Waals surface area contributed by atoms with E-state index in [4.69, 9.17) is 17.3 Å². The molecule has 2 aromatic rings. The van der Waals surface area contributed by atoms with Crippen LogP contribution in [0.5, 0.6) is 0 Å². The average Bonchev–Trinajstić information content (AvgIpc) is 3.02. The van der Waals surface area contributed by atoms with Gasteiger partial charge >= 0.3 is 6.10 Å². The van der Waals surface area contributed by atoms with E-state index in [0.717, 1.165) is 17.9 Å². The van der Waals surface area contributed by atoms with Crippen molar-refractivity contribution in [1.29, 1.82) is 0 Å². The van der Waals surface area contributed by atoms with Crippen molar-refractivity contribution >= 4 is 11.6 Å². The van der Waals surface area contributed by atoms with Gasteiger partial charge in [0.15, 0.2) is 0 Å². The Morgan fingerprint density at radius 2 is 1.76 bits per heavy atom. The van der Waals surface area contributed by atoms with E-state index < -0.39 is 11.6 Å². The lowest BCUT2D eigenvalue weighted by atomic mass is 9.87. The largest absolute Gasteiger partial charge is 0.346 e. The number of fused-ring (bicyclic) bond motifs is 1. The van der Waals surface area contributed by atoms with Crippen LogP contribution in [0.25, 0.3) is 0 Å². The molecule has 2 aromatic carbocycles. The summed E-state index contributed by atoms with van der Waals surface area (Å²) in [6.45, 7) is 4.17. The van der Waals surface area contributed by atoms with Crippen molar-refractivity contribution in [1.82, 2.24) is 4.90 Å². The molecule has 0 aliphatic heterocycles. The zero-order valence-corrected chi connectivity index (χ0v) is 17.8. The predicted molar refractivity (Wildman–Crippen MR) is 116 cm³/mol. The molecule has 0 bridgehead atoms. The van der Waals surface area contributed by atoms with Crippen LogP contribution < -0.4 is 5.73 Å². The summed E-state index contributed by atoms with van der Waals surface area (Å²) in [4.78, 5) is 1.24. The second-order valence-corrected chi connectivity index (χ2v) is 9.00. The zero-order valence-electron chi connectivity index (χ0n) is 17.1. The predicted octanol–water partition coefficient (Wildman–Crippen LogP) is 3.37. The minimum absolute atomic E-state index is 0.177. The van der Waals surface area contributed by atoms with Crippen LogP contribution in [0.15, 0.2) is 48.5 Å². The van der Waals surface area contributed by atoms with Gasteiger partial charge in [-0.25, -0.2) is 4.90 Å².